The molecule has 0 spiro atoms. The minimum absolute atomic E-state index is 0.113. The van der Waals surface area contributed by atoms with Gasteiger partial charge in [-0.15, -0.1) is 0 Å². The van der Waals surface area contributed by atoms with Crippen LogP contribution in [0.4, 0.5) is 4.39 Å². The normalized spacial score (nSPS) is 10.9. The molecular formula is C11H16FNO. The zero-order valence-corrected chi connectivity index (χ0v) is 8.41. The number of hydrogen-bond acceptors (Lipinski definition) is 2. The molecule has 0 aliphatic rings. The fourth-order valence-electron chi connectivity index (χ4n) is 1.36. The molecule has 0 aromatic heterocycles. The van der Waals surface area contributed by atoms with E-state index in [1.54, 1.807) is 12.1 Å². The Bertz CT molecular complexity index is 278. The predicted molar refractivity (Wildman–Crippen MR) is 54.4 cm³/mol. The molecule has 3 heteroatoms. The second kappa shape index (κ2) is 5.73. The first-order valence-corrected chi connectivity index (χ1v) is 4.84. The van der Waals surface area contributed by atoms with Crippen molar-refractivity contribution in [3.8, 4) is 0 Å². The Labute approximate surface area is 84.0 Å². The van der Waals surface area contributed by atoms with Gasteiger partial charge in [-0.1, -0.05) is 25.1 Å². The summed E-state index contributed by atoms with van der Waals surface area (Å²) < 4.78 is 13.2. The molecule has 0 atom stereocenters. The molecule has 14 heavy (non-hydrogen) atoms. The van der Waals surface area contributed by atoms with E-state index in [4.69, 9.17) is 5.11 Å². The molecule has 0 fully saturated rings. The molecule has 0 bridgehead atoms. The van der Waals surface area contributed by atoms with Gasteiger partial charge in [0, 0.05) is 18.7 Å². The summed E-state index contributed by atoms with van der Waals surface area (Å²) in [5.41, 5.74) is 0.683. The van der Waals surface area contributed by atoms with Gasteiger partial charge in [0.15, 0.2) is 0 Å². The monoisotopic (exact) mass is 197 g/mol. The Morgan fingerprint density at radius 1 is 1.36 bits per heavy atom. The second-order valence-corrected chi connectivity index (χ2v) is 3.18. The molecule has 1 aromatic carbocycles. The SMILES string of the molecule is CCN(CCO)Cc1ccccc1F. The van der Waals surface area contributed by atoms with Crippen molar-refractivity contribution in [2.45, 2.75) is 13.5 Å². The van der Waals surface area contributed by atoms with E-state index in [0.29, 0.717) is 18.7 Å². The maximum Gasteiger partial charge on any atom is 0.127 e. The van der Waals surface area contributed by atoms with Gasteiger partial charge in [-0.3, -0.25) is 4.90 Å². The van der Waals surface area contributed by atoms with Crippen molar-refractivity contribution in [1.29, 1.82) is 0 Å². The highest BCUT2D eigenvalue weighted by atomic mass is 19.1. The van der Waals surface area contributed by atoms with Crippen LogP contribution in [0.2, 0.25) is 0 Å². The first-order chi connectivity index (χ1) is 6.77. The van der Waals surface area contributed by atoms with E-state index in [1.807, 2.05) is 17.9 Å². The first-order valence-electron chi connectivity index (χ1n) is 4.84. The van der Waals surface area contributed by atoms with Gasteiger partial charge in [-0.2, -0.15) is 0 Å². The number of benzene rings is 1. The molecule has 0 aliphatic heterocycles. The number of aliphatic hydroxyl groups is 1. The second-order valence-electron chi connectivity index (χ2n) is 3.18. The lowest BCUT2D eigenvalue weighted by Crippen LogP contribution is -2.26. The number of likely N-dealkylation sites (N-methyl/N-ethyl adjacent to an activating group) is 1. The third-order valence-electron chi connectivity index (χ3n) is 2.22. The standard InChI is InChI=1S/C11H16FNO/c1-2-13(7-8-14)9-10-5-3-4-6-11(10)12/h3-6,14H,2,7-9H2,1H3. The van der Waals surface area contributed by atoms with Crippen LogP contribution in [0.1, 0.15) is 12.5 Å². The van der Waals surface area contributed by atoms with Gasteiger partial charge in [0.1, 0.15) is 5.82 Å². The fraction of sp³-hybridized carbons (Fsp3) is 0.455. The largest absolute Gasteiger partial charge is 0.395 e. The Hall–Kier alpha value is -0.930. The highest BCUT2D eigenvalue weighted by Gasteiger charge is 2.05. The molecule has 2 nitrogen and oxygen atoms in total. The van der Waals surface area contributed by atoms with E-state index in [1.165, 1.54) is 6.07 Å². The van der Waals surface area contributed by atoms with Crippen molar-refractivity contribution in [3.63, 3.8) is 0 Å². The number of halogens is 1. The molecule has 0 heterocycles. The summed E-state index contributed by atoms with van der Waals surface area (Å²) in [6.07, 6.45) is 0. The predicted octanol–water partition coefficient (Wildman–Crippen LogP) is 1.64. The lowest BCUT2D eigenvalue weighted by atomic mass is 10.2. The molecule has 1 aromatic rings. The summed E-state index contributed by atoms with van der Waals surface area (Å²) in [6.45, 7) is 4.07. The molecule has 0 saturated heterocycles. The Morgan fingerprint density at radius 3 is 2.64 bits per heavy atom. The summed E-state index contributed by atoms with van der Waals surface area (Å²) in [6, 6.07) is 6.74. The molecule has 1 N–H and O–H groups in total. The van der Waals surface area contributed by atoms with E-state index in [0.717, 1.165) is 6.54 Å². The zero-order chi connectivity index (χ0) is 10.4. The minimum Gasteiger partial charge on any atom is -0.395 e. The van der Waals surface area contributed by atoms with Gasteiger partial charge < -0.3 is 5.11 Å². The summed E-state index contributed by atoms with van der Waals surface area (Å²) >= 11 is 0. The molecule has 0 radical (unpaired) electrons. The highest BCUT2D eigenvalue weighted by molar-refractivity contribution is 5.16. The van der Waals surface area contributed by atoms with Gasteiger partial charge in [0.2, 0.25) is 0 Å². The highest BCUT2D eigenvalue weighted by Crippen LogP contribution is 2.09. The van der Waals surface area contributed by atoms with Crippen molar-refractivity contribution in [2.75, 3.05) is 19.7 Å². The molecular weight excluding hydrogens is 181 g/mol. The van der Waals surface area contributed by atoms with Crippen molar-refractivity contribution >= 4 is 0 Å². The van der Waals surface area contributed by atoms with Crippen LogP contribution < -0.4 is 0 Å². The van der Waals surface area contributed by atoms with Crippen LogP contribution >= 0.6 is 0 Å². The molecule has 0 saturated carbocycles. The van der Waals surface area contributed by atoms with Crippen molar-refractivity contribution in [2.24, 2.45) is 0 Å². The van der Waals surface area contributed by atoms with Crippen LogP contribution in [-0.4, -0.2) is 29.7 Å². The summed E-state index contributed by atoms with van der Waals surface area (Å²) in [5.74, 6) is -0.177. The Balaban J connectivity index is 2.62. The van der Waals surface area contributed by atoms with Crippen LogP contribution in [0, 0.1) is 5.82 Å². The lowest BCUT2D eigenvalue weighted by molar-refractivity contribution is 0.195. The average molecular weight is 197 g/mol. The van der Waals surface area contributed by atoms with Gasteiger partial charge in [0.25, 0.3) is 0 Å². The van der Waals surface area contributed by atoms with E-state index in [9.17, 15) is 4.39 Å². The van der Waals surface area contributed by atoms with E-state index >= 15 is 0 Å². The zero-order valence-electron chi connectivity index (χ0n) is 8.41. The summed E-state index contributed by atoms with van der Waals surface area (Å²) in [4.78, 5) is 2.00. The maximum absolute atomic E-state index is 13.2. The Kier molecular flexibility index (Phi) is 4.56. The van der Waals surface area contributed by atoms with E-state index in [-0.39, 0.29) is 12.4 Å². The number of aliphatic hydroxyl groups excluding tert-OH is 1. The van der Waals surface area contributed by atoms with E-state index in [2.05, 4.69) is 0 Å². The summed E-state index contributed by atoms with van der Waals surface area (Å²) in [5, 5.41) is 8.78. The topological polar surface area (TPSA) is 23.5 Å². The fourth-order valence-corrected chi connectivity index (χ4v) is 1.36. The van der Waals surface area contributed by atoms with Crippen LogP contribution in [0.3, 0.4) is 0 Å². The molecule has 0 unspecified atom stereocenters. The first kappa shape index (κ1) is 11.1. The van der Waals surface area contributed by atoms with Crippen LogP contribution in [-0.2, 0) is 6.54 Å². The molecule has 1 rings (SSSR count). The minimum atomic E-state index is -0.177. The van der Waals surface area contributed by atoms with Crippen molar-refractivity contribution < 1.29 is 9.50 Å². The number of nitrogens with zero attached hydrogens (tertiary/aromatic N) is 1. The average Bonchev–Trinajstić information content (AvgIpc) is 2.20. The third kappa shape index (κ3) is 3.09. The van der Waals surface area contributed by atoms with Gasteiger partial charge in [-0.05, 0) is 12.6 Å². The molecule has 0 aliphatic carbocycles. The smallest absolute Gasteiger partial charge is 0.127 e. The third-order valence-corrected chi connectivity index (χ3v) is 2.22. The van der Waals surface area contributed by atoms with E-state index < -0.39 is 0 Å². The van der Waals surface area contributed by atoms with Crippen LogP contribution in [0.25, 0.3) is 0 Å². The van der Waals surface area contributed by atoms with Crippen LogP contribution in [0.15, 0.2) is 24.3 Å². The maximum atomic E-state index is 13.2. The lowest BCUT2D eigenvalue weighted by Gasteiger charge is -2.19. The molecule has 78 valence electrons. The van der Waals surface area contributed by atoms with Gasteiger partial charge >= 0.3 is 0 Å². The van der Waals surface area contributed by atoms with Crippen LogP contribution in [0.5, 0.6) is 0 Å². The van der Waals surface area contributed by atoms with Gasteiger partial charge in [-0.25, -0.2) is 4.39 Å². The number of hydrogen-bond donors (Lipinski definition) is 1. The number of rotatable bonds is 5. The van der Waals surface area contributed by atoms with Crippen molar-refractivity contribution in [3.05, 3.63) is 35.6 Å². The van der Waals surface area contributed by atoms with Gasteiger partial charge in [0.05, 0.1) is 6.61 Å². The molecule has 0 amide bonds. The van der Waals surface area contributed by atoms with Crippen molar-refractivity contribution in [1.82, 2.24) is 4.90 Å². The Morgan fingerprint density at radius 2 is 2.07 bits per heavy atom. The summed E-state index contributed by atoms with van der Waals surface area (Å²) in [7, 11) is 0. The quantitative estimate of drug-likeness (QED) is 0.775.